The van der Waals surface area contributed by atoms with Gasteiger partial charge >= 0.3 is 5.97 Å². The number of esters is 1. The van der Waals surface area contributed by atoms with Crippen molar-refractivity contribution in [3.8, 4) is 0 Å². The Morgan fingerprint density at radius 2 is 2.07 bits per heavy atom. The van der Waals surface area contributed by atoms with Crippen LogP contribution >= 0.6 is 0 Å². The van der Waals surface area contributed by atoms with Gasteiger partial charge in [0.2, 0.25) is 0 Å². The molecule has 1 rings (SSSR count). The van der Waals surface area contributed by atoms with E-state index in [1.54, 1.807) is 12.1 Å². The van der Waals surface area contributed by atoms with Crippen molar-refractivity contribution < 1.29 is 13.9 Å². The van der Waals surface area contributed by atoms with Crippen LogP contribution in [0.2, 0.25) is 0 Å². The summed E-state index contributed by atoms with van der Waals surface area (Å²) in [6.07, 6.45) is 0. The van der Waals surface area contributed by atoms with Crippen molar-refractivity contribution in [1.29, 1.82) is 0 Å². The molecule has 0 aliphatic carbocycles. The van der Waals surface area contributed by atoms with Gasteiger partial charge in [-0.15, -0.1) is 0 Å². The number of halogens is 1. The van der Waals surface area contributed by atoms with Gasteiger partial charge in [-0.05, 0) is 23.6 Å². The average molecular weight is 210 g/mol. The van der Waals surface area contributed by atoms with Crippen molar-refractivity contribution in [1.82, 2.24) is 0 Å². The monoisotopic (exact) mass is 210 g/mol. The zero-order chi connectivity index (χ0) is 11.4. The van der Waals surface area contributed by atoms with Gasteiger partial charge in [0.1, 0.15) is 5.82 Å². The van der Waals surface area contributed by atoms with Crippen LogP contribution in [0.15, 0.2) is 24.3 Å². The molecule has 82 valence electrons. The van der Waals surface area contributed by atoms with Crippen LogP contribution in [0.25, 0.3) is 0 Å². The lowest BCUT2D eigenvalue weighted by Crippen LogP contribution is -2.19. The zero-order valence-electron chi connectivity index (χ0n) is 9.16. The molecule has 0 radical (unpaired) electrons. The number of rotatable bonds is 3. The fourth-order valence-electron chi connectivity index (χ4n) is 1.62. The molecule has 0 saturated heterocycles. The summed E-state index contributed by atoms with van der Waals surface area (Å²) in [4.78, 5) is 11.5. The predicted octanol–water partition coefficient (Wildman–Crippen LogP) is 2.74. The third kappa shape index (κ3) is 2.78. The largest absolute Gasteiger partial charge is 0.469 e. The minimum Gasteiger partial charge on any atom is -0.469 e. The van der Waals surface area contributed by atoms with Crippen molar-refractivity contribution in [3.63, 3.8) is 0 Å². The fraction of sp³-hybridized carbons (Fsp3) is 0.417. The van der Waals surface area contributed by atoms with Gasteiger partial charge in [0.25, 0.3) is 0 Å². The highest BCUT2D eigenvalue weighted by atomic mass is 19.1. The Morgan fingerprint density at radius 1 is 1.40 bits per heavy atom. The minimum absolute atomic E-state index is 0.0826. The molecule has 1 atom stereocenters. The highest BCUT2D eigenvalue weighted by Crippen LogP contribution is 2.26. The second-order valence-corrected chi connectivity index (χ2v) is 3.80. The molecule has 0 amide bonds. The standard InChI is InChI=1S/C12H15FO2/c1-8(2)11(12(14)15-3)9-5-4-6-10(13)7-9/h4-8,11H,1-3H3. The van der Waals surface area contributed by atoms with E-state index in [0.29, 0.717) is 5.56 Å². The Morgan fingerprint density at radius 3 is 2.53 bits per heavy atom. The molecule has 0 heterocycles. The Labute approximate surface area is 89.1 Å². The van der Waals surface area contributed by atoms with E-state index < -0.39 is 5.92 Å². The minimum atomic E-state index is -0.398. The van der Waals surface area contributed by atoms with E-state index in [-0.39, 0.29) is 17.7 Å². The lowest BCUT2D eigenvalue weighted by molar-refractivity contribution is -0.143. The first-order chi connectivity index (χ1) is 7.06. The summed E-state index contributed by atoms with van der Waals surface area (Å²) in [5, 5.41) is 0. The summed E-state index contributed by atoms with van der Waals surface area (Å²) in [7, 11) is 1.34. The molecule has 1 aromatic carbocycles. The second kappa shape index (κ2) is 4.91. The van der Waals surface area contributed by atoms with Crippen molar-refractivity contribution >= 4 is 5.97 Å². The zero-order valence-corrected chi connectivity index (χ0v) is 9.16. The van der Waals surface area contributed by atoms with E-state index in [2.05, 4.69) is 0 Å². The number of benzene rings is 1. The second-order valence-electron chi connectivity index (χ2n) is 3.80. The van der Waals surface area contributed by atoms with Crippen molar-refractivity contribution in [2.75, 3.05) is 7.11 Å². The van der Waals surface area contributed by atoms with Crippen LogP contribution in [0.5, 0.6) is 0 Å². The molecular formula is C12H15FO2. The van der Waals surface area contributed by atoms with E-state index >= 15 is 0 Å². The van der Waals surface area contributed by atoms with Crippen molar-refractivity contribution in [3.05, 3.63) is 35.6 Å². The van der Waals surface area contributed by atoms with Gasteiger partial charge in [0.15, 0.2) is 0 Å². The summed E-state index contributed by atoms with van der Waals surface area (Å²) in [5.74, 6) is -0.970. The van der Waals surface area contributed by atoms with E-state index in [0.717, 1.165) is 0 Å². The number of hydrogen-bond acceptors (Lipinski definition) is 2. The first-order valence-electron chi connectivity index (χ1n) is 4.89. The van der Waals surface area contributed by atoms with Crippen molar-refractivity contribution in [2.45, 2.75) is 19.8 Å². The van der Waals surface area contributed by atoms with Crippen LogP contribution in [0, 0.1) is 11.7 Å². The predicted molar refractivity (Wildman–Crippen MR) is 56.0 cm³/mol. The molecule has 3 heteroatoms. The highest BCUT2D eigenvalue weighted by Gasteiger charge is 2.25. The summed E-state index contributed by atoms with van der Waals surface area (Å²) in [5.41, 5.74) is 0.664. The van der Waals surface area contributed by atoms with E-state index in [1.165, 1.54) is 19.2 Å². The smallest absolute Gasteiger partial charge is 0.313 e. The van der Waals surface area contributed by atoms with Gasteiger partial charge in [0.05, 0.1) is 13.0 Å². The fourth-order valence-corrected chi connectivity index (χ4v) is 1.62. The molecule has 0 aliphatic rings. The molecule has 0 saturated carbocycles. The summed E-state index contributed by atoms with van der Waals surface area (Å²) < 4.78 is 17.7. The van der Waals surface area contributed by atoms with E-state index in [4.69, 9.17) is 4.74 Å². The lowest BCUT2D eigenvalue weighted by atomic mass is 9.88. The SMILES string of the molecule is COC(=O)C(c1cccc(F)c1)C(C)C. The maximum absolute atomic E-state index is 13.0. The average Bonchev–Trinajstić information content (AvgIpc) is 2.17. The Hall–Kier alpha value is -1.38. The van der Waals surface area contributed by atoms with Crippen molar-refractivity contribution in [2.24, 2.45) is 5.92 Å². The number of ether oxygens (including phenoxy) is 1. The third-order valence-electron chi connectivity index (χ3n) is 2.33. The third-order valence-corrected chi connectivity index (χ3v) is 2.33. The van der Waals surface area contributed by atoms with Crippen LogP contribution < -0.4 is 0 Å². The van der Waals surface area contributed by atoms with Gasteiger partial charge in [-0.3, -0.25) is 4.79 Å². The first kappa shape index (κ1) is 11.7. The van der Waals surface area contributed by atoms with Gasteiger partial charge in [0, 0.05) is 0 Å². The van der Waals surface area contributed by atoms with Gasteiger partial charge in [-0.25, -0.2) is 4.39 Å². The van der Waals surface area contributed by atoms with E-state index in [9.17, 15) is 9.18 Å². The molecule has 15 heavy (non-hydrogen) atoms. The maximum Gasteiger partial charge on any atom is 0.313 e. The first-order valence-corrected chi connectivity index (χ1v) is 4.89. The highest BCUT2D eigenvalue weighted by molar-refractivity contribution is 5.78. The summed E-state index contributed by atoms with van der Waals surface area (Å²) in [6, 6.07) is 6.08. The molecular weight excluding hydrogens is 195 g/mol. The Bertz CT molecular complexity index is 347. The number of carbonyl (C=O) groups is 1. The van der Waals surface area contributed by atoms with Crippen LogP contribution in [0.3, 0.4) is 0 Å². The molecule has 2 nitrogen and oxygen atoms in total. The van der Waals surface area contributed by atoms with Crippen LogP contribution in [-0.2, 0) is 9.53 Å². The Kier molecular flexibility index (Phi) is 3.83. The quantitative estimate of drug-likeness (QED) is 0.717. The van der Waals surface area contributed by atoms with Crippen LogP contribution in [0.4, 0.5) is 4.39 Å². The molecule has 0 N–H and O–H groups in total. The normalized spacial score (nSPS) is 12.6. The van der Waals surface area contributed by atoms with Gasteiger partial charge in [-0.2, -0.15) is 0 Å². The van der Waals surface area contributed by atoms with Crippen LogP contribution in [-0.4, -0.2) is 13.1 Å². The number of carbonyl (C=O) groups excluding carboxylic acids is 1. The molecule has 0 spiro atoms. The molecule has 0 fully saturated rings. The molecule has 0 bridgehead atoms. The van der Waals surface area contributed by atoms with E-state index in [1.807, 2.05) is 13.8 Å². The van der Waals surface area contributed by atoms with Crippen LogP contribution in [0.1, 0.15) is 25.3 Å². The molecule has 1 aromatic rings. The van der Waals surface area contributed by atoms with Gasteiger partial charge < -0.3 is 4.74 Å². The molecule has 0 aliphatic heterocycles. The summed E-state index contributed by atoms with van der Waals surface area (Å²) >= 11 is 0. The molecule has 1 unspecified atom stereocenters. The Balaban J connectivity index is 3.04. The maximum atomic E-state index is 13.0. The lowest BCUT2D eigenvalue weighted by Gasteiger charge is -2.18. The number of methoxy groups -OCH3 is 1. The number of hydrogen-bond donors (Lipinski definition) is 0. The topological polar surface area (TPSA) is 26.3 Å². The summed E-state index contributed by atoms with van der Waals surface area (Å²) in [6.45, 7) is 3.82. The molecule has 0 aromatic heterocycles. The van der Waals surface area contributed by atoms with Gasteiger partial charge in [-0.1, -0.05) is 26.0 Å².